The molecular formula is C13H16NO2S+. The van der Waals surface area contributed by atoms with E-state index in [1.54, 1.807) is 29.5 Å². The Kier molecular flexibility index (Phi) is 4.14. The van der Waals surface area contributed by atoms with Gasteiger partial charge in [0.25, 0.3) is 0 Å². The summed E-state index contributed by atoms with van der Waals surface area (Å²) in [5, 5.41) is 23.4. The maximum absolute atomic E-state index is 9.93. The van der Waals surface area contributed by atoms with Crippen molar-refractivity contribution in [1.82, 2.24) is 0 Å². The molecule has 1 aromatic heterocycles. The summed E-state index contributed by atoms with van der Waals surface area (Å²) in [6.45, 7) is 1.48. The largest absolute Gasteiger partial charge is 0.508 e. The Bertz CT molecular complexity index is 456. The Morgan fingerprint density at radius 2 is 2.12 bits per heavy atom. The number of quaternary nitrogens is 1. The predicted octanol–water partition coefficient (Wildman–Crippen LogP) is 1.25. The Morgan fingerprint density at radius 3 is 2.82 bits per heavy atom. The second-order valence-electron chi connectivity index (χ2n) is 3.92. The minimum absolute atomic E-state index is 0.194. The van der Waals surface area contributed by atoms with E-state index < -0.39 is 6.10 Å². The molecule has 0 unspecified atom stereocenters. The van der Waals surface area contributed by atoms with Crippen LogP contribution in [0.15, 0.2) is 41.8 Å². The van der Waals surface area contributed by atoms with Gasteiger partial charge in [-0.15, -0.1) is 11.3 Å². The molecule has 4 heteroatoms. The van der Waals surface area contributed by atoms with E-state index in [1.165, 1.54) is 4.88 Å². The molecule has 2 aromatic rings. The van der Waals surface area contributed by atoms with Crippen molar-refractivity contribution in [2.45, 2.75) is 12.6 Å². The van der Waals surface area contributed by atoms with Crippen LogP contribution in [-0.2, 0) is 6.54 Å². The monoisotopic (exact) mass is 250 g/mol. The van der Waals surface area contributed by atoms with Gasteiger partial charge in [-0.05, 0) is 29.1 Å². The maximum atomic E-state index is 9.93. The highest BCUT2D eigenvalue weighted by atomic mass is 32.1. The summed E-state index contributed by atoms with van der Waals surface area (Å²) in [7, 11) is 0. The van der Waals surface area contributed by atoms with Crippen LogP contribution in [0.5, 0.6) is 5.75 Å². The summed E-state index contributed by atoms with van der Waals surface area (Å²) in [6, 6.07) is 10.9. The Hall–Kier alpha value is -1.36. The fourth-order valence-electron chi connectivity index (χ4n) is 1.68. The van der Waals surface area contributed by atoms with Gasteiger partial charge in [-0.1, -0.05) is 18.2 Å². The van der Waals surface area contributed by atoms with Gasteiger partial charge in [-0.25, -0.2) is 0 Å². The molecule has 0 aliphatic heterocycles. The number of phenols is 1. The van der Waals surface area contributed by atoms with Crippen molar-refractivity contribution in [3.63, 3.8) is 0 Å². The minimum atomic E-state index is -0.540. The van der Waals surface area contributed by atoms with Gasteiger partial charge in [0.15, 0.2) is 0 Å². The van der Waals surface area contributed by atoms with E-state index in [2.05, 4.69) is 16.8 Å². The van der Waals surface area contributed by atoms with Crippen molar-refractivity contribution < 1.29 is 15.5 Å². The first-order valence-electron chi connectivity index (χ1n) is 5.57. The second kappa shape index (κ2) is 5.82. The summed E-state index contributed by atoms with van der Waals surface area (Å²) in [5.74, 6) is 0.194. The number of hydrogen-bond donors (Lipinski definition) is 3. The van der Waals surface area contributed by atoms with Crippen LogP contribution in [0.25, 0.3) is 0 Å². The number of hydrogen-bond acceptors (Lipinski definition) is 3. The number of rotatable bonds is 5. The standard InChI is InChI=1S/C13H15NO2S/c15-11-4-1-3-10(7-11)13(16)9-14-8-12-5-2-6-17-12/h1-7,13-16H,8-9H2/p+1/t13-/m1/s1. The molecule has 0 spiro atoms. The number of benzene rings is 1. The van der Waals surface area contributed by atoms with Crippen molar-refractivity contribution >= 4 is 11.3 Å². The number of phenolic OH excluding ortho intramolecular Hbond substituents is 1. The lowest BCUT2D eigenvalue weighted by atomic mass is 10.1. The van der Waals surface area contributed by atoms with Crippen LogP contribution in [0.1, 0.15) is 16.5 Å². The van der Waals surface area contributed by atoms with Gasteiger partial charge in [0.2, 0.25) is 0 Å². The van der Waals surface area contributed by atoms with Crippen LogP contribution in [0.2, 0.25) is 0 Å². The Morgan fingerprint density at radius 1 is 1.24 bits per heavy atom. The van der Waals surface area contributed by atoms with Crippen LogP contribution >= 0.6 is 11.3 Å². The highest BCUT2D eigenvalue weighted by Gasteiger charge is 2.10. The molecule has 0 bridgehead atoms. The molecule has 17 heavy (non-hydrogen) atoms. The molecular weight excluding hydrogens is 234 g/mol. The number of aliphatic hydroxyl groups is 1. The summed E-state index contributed by atoms with van der Waals surface area (Å²) in [5.41, 5.74) is 0.757. The van der Waals surface area contributed by atoms with Gasteiger partial charge in [0.1, 0.15) is 24.9 Å². The summed E-state index contributed by atoms with van der Waals surface area (Å²) in [4.78, 5) is 1.30. The molecule has 1 aromatic carbocycles. The highest BCUT2D eigenvalue weighted by Crippen LogP contribution is 2.16. The first-order valence-corrected chi connectivity index (χ1v) is 6.44. The average molecular weight is 250 g/mol. The van der Waals surface area contributed by atoms with Gasteiger partial charge < -0.3 is 15.5 Å². The molecule has 0 fully saturated rings. The lowest BCUT2D eigenvalue weighted by molar-refractivity contribution is -0.677. The minimum Gasteiger partial charge on any atom is -0.508 e. The molecule has 0 aliphatic carbocycles. The third-order valence-electron chi connectivity index (χ3n) is 2.57. The summed E-state index contributed by atoms with van der Waals surface area (Å²) >= 11 is 1.72. The van der Waals surface area contributed by atoms with Crippen molar-refractivity contribution in [3.05, 3.63) is 52.2 Å². The molecule has 0 radical (unpaired) electrons. The molecule has 1 heterocycles. The third kappa shape index (κ3) is 3.56. The van der Waals surface area contributed by atoms with Crippen molar-refractivity contribution in [1.29, 1.82) is 0 Å². The van der Waals surface area contributed by atoms with Gasteiger partial charge in [-0.3, -0.25) is 0 Å². The number of thiophene rings is 1. The third-order valence-corrected chi connectivity index (χ3v) is 3.47. The number of nitrogens with two attached hydrogens (primary N) is 1. The molecule has 0 aliphatic rings. The molecule has 1 atom stereocenters. The van der Waals surface area contributed by atoms with Crippen molar-refractivity contribution in [2.75, 3.05) is 6.54 Å². The van der Waals surface area contributed by atoms with Gasteiger partial charge in [0, 0.05) is 0 Å². The molecule has 3 nitrogen and oxygen atoms in total. The first-order chi connectivity index (χ1) is 8.25. The van der Waals surface area contributed by atoms with Gasteiger partial charge >= 0.3 is 0 Å². The van der Waals surface area contributed by atoms with E-state index in [4.69, 9.17) is 0 Å². The second-order valence-corrected chi connectivity index (χ2v) is 4.95. The van der Waals surface area contributed by atoms with Gasteiger partial charge in [0.05, 0.1) is 4.88 Å². The zero-order valence-corrected chi connectivity index (χ0v) is 10.2. The molecule has 0 saturated carbocycles. The normalized spacial score (nSPS) is 12.5. The van der Waals surface area contributed by atoms with E-state index in [0.717, 1.165) is 12.1 Å². The first kappa shape index (κ1) is 12.1. The van der Waals surface area contributed by atoms with E-state index >= 15 is 0 Å². The van der Waals surface area contributed by atoms with Crippen LogP contribution in [0.3, 0.4) is 0 Å². The van der Waals surface area contributed by atoms with Crippen LogP contribution < -0.4 is 5.32 Å². The fraction of sp³-hybridized carbons (Fsp3) is 0.231. The summed E-state index contributed by atoms with van der Waals surface area (Å²) < 4.78 is 0. The number of aromatic hydroxyl groups is 1. The average Bonchev–Trinajstić information content (AvgIpc) is 2.82. The lowest BCUT2D eigenvalue weighted by Gasteiger charge is -2.09. The smallest absolute Gasteiger partial charge is 0.128 e. The van der Waals surface area contributed by atoms with Crippen molar-refractivity contribution in [3.8, 4) is 5.75 Å². The van der Waals surface area contributed by atoms with Crippen molar-refractivity contribution in [2.24, 2.45) is 0 Å². The van der Waals surface area contributed by atoms with E-state index in [9.17, 15) is 10.2 Å². The molecule has 2 rings (SSSR count). The highest BCUT2D eigenvalue weighted by molar-refractivity contribution is 7.09. The Balaban J connectivity index is 1.83. The van der Waals surface area contributed by atoms with Crippen LogP contribution in [-0.4, -0.2) is 16.8 Å². The Labute approximate surface area is 104 Å². The lowest BCUT2D eigenvalue weighted by Crippen LogP contribution is -2.83. The zero-order valence-electron chi connectivity index (χ0n) is 9.41. The fourth-order valence-corrected chi connectivity index (χ4v) is 2.38. The molecule has 0 amide bonds. The maximum Gasteiger partial charge on any atom is 0.128 e. The topological polar surface area (TPSA) is 57.1 Å². The van der Waals surface area contributed by atoms with E-state index in [-0.39, 0.29) is 5.75 Å². The van der Waals surface area contributed by atoms with E-state index in [1.807, 2.05) is 12.1 Å². The van der Waals surface area contributed by atoms with Gasteiger partial charge in [-0.2, -0.15) is 0 Å². The SMILES string of the molecule is Oc1cccc([C@H](O)C[NH2+]Cc2cccs2)c1. The van der Waals surface area contributed by atoms with Crippen LogP contribution in [0, 0.1) is 0 Å². The zero-order chi connectivity index (χ0) is 12.1. The summed E-state index contributed by atoms with van der Waals surface area (Å²) in [6.07, 6.45) is -0.540. The van der Waals surface area contributed by atoms with E-state index in [0.29, 0.717) is 6.54 Å². The molecule has 4 N–H and O–H groups in total. The predicted molar refractivity (Wildman–Crippen MR) is 67.9 cm³/mol. The number of aliphatic hydroxyl groups excluding tert-OH is 1. The molecule has 0 saturated heterocycles. The quantitative estimate of drug-likeness (QED) is 0.748. The molecule has 90 valence electrons. The van der Waals surface area contributed by atoms with Crippen LogP contribution in [0.4, 0.5) is 0 Å².